The predicted octanol–water partition coefficient (Wildman–Crippen LogP) is 1.22. The van der Waals surface area contributed by atoms with E-state index < -0.39 is 16.1 Å². The lowest BCUT2D eigenvalue weighted by Crippen LogP contribution is -2.55. The van der Waals surface area contributed by atoms with Gasteiger partial charge in [-0.05, 0) is 44.0 Å². The molecule has 2 fully saturated rings. The van der Waals surface area contributed by atoms with Crippen molar-refractivity contribution in [2.45, 2.75) is 43.5 Å². The zero-order valence-corrected chi connectivity index (χ0v) is 17.8. The minimum Gasteiger partial charge on any atom is -0.497 e. The molecule has 2 amide bonds. The zero-order chi connectivity index (χ0) is 21.0. The van der Waals surface area contributed by atoms with E-state index in [2.05, 4.69) is 4.72 Å². The third kappa shape index (κ3) is 5.08. The molecule has 3 rings (SSSR count). The molecule has 0 spiro atoms. The van der Waals surface area contributed by atoms with Crippen molar-refractivity contribution >= 4 is 21.8 Å². The second kappa shape index (κ2) is 9.13. The van der Waals surface area contributed by atoms with Crippen molar-refractivity contribution < 1.29 is 22.7 Å². The number of carbonyl (C=O) groups is 2. The Hall–Kier alpha value is -2.13. The Morgan fingerprint density at radius 3 is 2.14 bits per heavy atom. The summed E-state index contributed by atoms with van der Waals surface area (Å²) in [5, 5.41) is 0. The minimum atomic E-state index is -3.82. The smallest absolute Gasteiger partial charge is 0.241 e. The number of benzene rings is 1. The first-order chi connectivity index (χ1) is 13.8. The number of piperazine rings is 1. The SMILES string of the molecule is COc1ccc(S(=O)(=O)N[C@@H](C)C(=O)N2CCN(C(=O)C3CCCC3)CC2)cc1. The Morgan fingerprint density at radius 2 is 1.59 bits per heavy atom. The lowest BCUT2D eigenvalue weighted by atomic mass is 10.1. The third-order valence-corrected chi connectivity index (χ3v) is 7.24. The largest absolute Gasteiger partial charge is 0.497 e. The molecule has 2 aliphatic rings. The summed E-state index contributed by atoms with van der Waals surface area (Å²) in [4.78, 5) is 28.8. The summed E-state index contributed by atoms with van der Waals surface area (Å²) in [6.07, 6.45) is 4.14. The van der Waals surface area contributed by atoms with Gasteiger partial charge in [0.1, 0.15) is 5.75 Å². The highest BCUT2D eigenvalue weighted by Crippen LogP contribution is 2.27. The Labute approximate surface area is 172 Å². The van der Waals surface area contributed by atoms with Crippen molar-refractivity contribution in [3.8, 4) is 5.75 Å². The van der Waals surface area contributed by atoms with Crippen LogP contribution in [0, 0.1) is 5.92 Å². The van der Waals surface area contributed by atoms with Gasteiger partial charge in [0.25, 0.3) is 0 Å². The number of sulfonamides is 1. The molecule has 1 aromatic rings. The van der Waals surface area contributed by atoms with E-state index in [0.29, 0.717) is 31.9 Å². The number of ether oxygens (including phenoxy) is 1. The summed E-state index contributed by atoms with van der Waals surface area (Å²) in [5.74, 6) is 0.600. The van der Waals surface area contributed by atoms with Gasteiger partial charge in [-0.3, -0.25) is 9.59 Å². The summed E-state index contributed by atoms with van der Waals surface area (Å²) < 4.78 is 32.6. The fourth-order valence-corrected chi connectivity index (χ4v) is 5.15. The molecule has 1 N–H and O–H groups in total. The van der Waals surface area contributed by atoms with Crippen LogP contribution >= 0.6 is 0 Å². The summed E-state index contributed by atoms with van der Waals surface area (Å²) in [5.41, 5.74) is 0. The molecule has 29 heavy (non-hydrogen) atoms. The van der Waals surface area contributed by atoms with E-state index in [-0.39, 0.29) is 22.6 Å². The van der Waals surface area contributed by atoms with E-state index in [0.717, 1.165) is 25.7 Å². The molecule has 1 aromatic carbocycles. The van der Waals surface area contributed by atoms with Gasteiger partial charge in [0.05, 0.1) is 18.0 Å². The normalized spacial score (nSPS) is 19.2. The maximum absolute atomic E-state index is 12.7. The molecule has 8 nitrogen and oxygen atoms in total. The average molecular weight is 424 g/mol. The lowest BCUT2D eigenvalue weighted by Gasteiger charge is -2.37. The molecule has 0 aromatic heterocycles. The Balaban J connectivity index is 1.54. The van der Waals surface area contributed by atoms with E-state index in [9.17, 15) is 18.0 Å². The van der Waals surface area contributed by atoms with Crippen LogP contribution in [-0.4, -0.2) is 69.4 Å². The zero-order valence-electron chi connectivity index (χ0n) is 17.0. The van der Waals surface area contributed by atoms with Crippen LogP contribution in [0.3, 0.4) is 0 Å². The van der Waals surface area contributed by atoms with E-state index >= 15 is 0 Å². The fourth-order valence-electron chi connectivity index (χ4n) is 3.96. The molecule has 0 bridgehead atoms. The number of hydrogen-bond acceptors (Lipinski definition) is 5. The Kier molecular flexibility index (Phi) is 6.79. The fraction of sp³-hybridized carbons (Fsp3) is 0.600. The predicted molar refractivity (Wildman–Crippen MR) is 108 cm³/mol. The Morgan fingerprint density at radius 1 is 1.03 bits per heavy atom. The number of amides is 2. The number of rotatable bonds is 6. The number of hydrogen-bond donors (Lipinski definition) is 1. The maximum Gasteiger partial charge on any atom is 0.241 e. The summed E-state index contributed by atoms with van der Waals surface area (Å²) >= 11 is 0. The molecule has 1 aliphatic heterocycles. The van der Waals surface area contributed by atoms with Gasteiger partial charge in [0, 0.05) is 32.1 Å². The number of nitrogens with one attached hydrogen (secondary N) is 1. The molecular formula is C20H29N3O5S. The first-order valence-electron chi connectivity index (χ1n) is 10.1. The van der Waals surface area contributed by atoms with Crippen LogP contribution < -0.4 is 9.46 Å². The molecule has 1 saturated carbocycles. The highest BCUT2D eigenvalue weighted by Gasteiger charge is 2.32. The molecule has 0 radical (unpaired) electrons. The second-order valence-corrected chi connectivity index (χ2v) is 9.36. The average Bonchev–Trinajstić information content (AvgIpc) is 3.27. The molecular weight excluding hydrogens is 394 g/mol. The van der Waals surface area contributed by atoms with Gasteiger partial charge in [0.2, 0.25) is 21.8 Å². The van der Waals surface area contributed by atoms with Crippen LogP contribution in [0.5, 0.6) is 5.75 Å². The van der Waals surface area contributed by atoms with Gasteiger partial charge < -0.3 is 14.5 Å². The van der Waals surface area contributed by atoms with E-state index in [4.69, 9.17) is 4.74 Å². The molecule has 1 heterocycles. The van der Waals surface area contributed by atoms with Crippen LogP contribution in [0.1, 0.15) is 32.6 Å². The minimum absolute atomic E-state index is 0.0740. The second-order valence-electron chi connectivity index (χ2n) is 7.65. The molecule has 9 heteroatoms. The van der Waals surface area contributed by atoms with Gasteiger partial charge in [0.15, 0.2) is 0 Å². The van der Waals surface area contributed by atoms with Crippen LogP contribution in [0.25, 0.3) is 0 Å². The molecule has 0 unspecified atom stereocenters. The number of carbonyl (C=O) groups excluding carboxylic acids is 2. The van der Waals surface area contributed by atoms with Gasteiger partial charge in [-0.25, -0.2) is 8.42 Å². The van der Waals surface area contributed by atoms with Gasteiger partial charge in [-0.2, -0.15) is 4.72 Å². The first-order valence-corrected chi connectivity index (χ1v) is 11.5. The van der Waals surface area contributed by atoms with Gasteiger partial charge >= 0.3 is 0 Å². The van der Waals surface area contributed by atoms with E-state index in [1.165, 1.54) is 19.2 Å². The van der Waals surface area contributed by atoms with E-state index in [1.807, 2.05) is 4.90 Å². The van der Waals surface area contributed by atoms with Crippen molar-refractivity contribution in [2.24, 2.45) is 5.92 Å². The van der Waals surface area contributed by atoms with Crippen molar-refractivity contribution in [2.75, 3.05) is 33.3 Å². The lowest BCUT2D eigenvalue weighted by molar-refractivity contribution is -0.142. The monoisotopic (exact) mass is 423 g/mol. The standard InChI is InChI=1S/C20H29N3O5S/c1-15(21-29(26,27)18-9-7-17(28-2)8-10-18)19(24)22-11-13-23(14-12-22)20(25)16-5-3-4-6-16/h7-10,15-16,21H,3-6,11-14H2,1-2H3/t15-/m0/s1. The molecule has 160 valence electrons. The van der Waals surface area contributed by atoms with Crippen LogP contribution in [-0.2, 0) is 19.6 Å². The van der Waals surface area contributed by atoms with Crippen molar-refractivity contribution in [1.82, 2.24) is 14.5 Å². The van der Waals surface area contributed by atoms with Crippen molar-refractivity contribution in [3.05, 3.63) is 24.3 Å². The first kappa shape index (κ1) is 21.6. The van der Waals surface area contributed by atoms with Crippen LogP contribution in [0.2, 0.25) is 0 Å². The maximum atomic E-state index is 12.7. The summed E-state index contributed by atoms with van der Waals surface area (Å²) in [6.45, 7) is 3.38. The molecule has 1 saturated heterocycles. The molecule has 1 aliphatic carbocycles. The van der Waals surface area contributed by atoms with Crippen LogP contribution in [0.4, 0.5) is 0 Å². The third-order valence-electron chi connectivity index (χ3n) is 5.68. The van der Waals surface area contributed by atoms with Crippen molar-refractivity contribution in [1.29, 1.82) is 0 Å². The quantitative estimate of drug-likeness (QED) is 0.742. The number of methoxy groups -OCH3 is 1. The highest BCUT2D eigenvalue weighted by atomic mass is 32.2. The summed E-state index contributed by atoms with van der Waals surface area (Å²) in [6, 6.07) is 5.10. The Bertz CT molecular complexity index is 826. The summed E-state index contributed by atoms with van der Waals surface area (Å²) in [7, 11) is -2.32. The van der Waals surface area contributed by atoms with Gasteiger partial charge in [-0.15, -0.1) is 0 Å². The van der Waals surface area contributed by atoms with Gasteiger partial charge in [-0.1, -0.05) is 12.8 Å². The van der Waals surface area contributed by atoms with Crippen LogP contribution in [0.15, 0.2) is 29.2 Å². The van der Waals surface area contributed by atoms with Crippen molar-refractivity contribution in [3.63, 3.8) is 0 Å². The number of nitrogens with zero attached hydrogens (tertiary/aromatic N) is 2. The topological polar surface area (TPSA) is 96.0 Å². The highest BCUT2D eigenvalue weighted by molar-refractivity contribution is 7.89. The van der Waals surface area contributed by atoms with E-state index in [1.54, 1.807) is 24.0 Å². The molecule has 1 atom stereocenters.